The second-order valence-corrected chi connectivity index (χ2v) is 5.26. The Morgan fingerprint density at radius 1 is 1.50 bits per heavy atom. The number of thiophene rings is 1. The van der Waals surface area contributed by atoms with E-state index in [1.807, 2.05) is 0 Å². The molecule has 0 saturated heterocycles. The van der Waals surface area contributed by atoms with E-state index in [0.717, 1.165) is 16.5 Å². The molecule has 104 valence electrons. The topological polar surface area (TPSA) is 86.3 Å². The number of carboxylic acid groups (broad SMARTS) is 1. The fraction of sp³-hybridized carbons (Fsp3) is 0.154. The molecule has 0 saturated carbocycles. The molecule has 7 heteroatoms. The highest BCUT2D eigenvalue weighted by Gasteiger charge is 2.14. The summed E-state index contributed by atoms with van der Waals surface area (Å²) in [6.07, 6.45) is 5.92. The van der Waals surface area contributed by atoms with Crippen LogP contribution in [-0.4, -0.2) is 39.1 Å². The Bertz CT molecular complexity index is 631. The third-order valence-electron chi connectivity index (χ3n) is 2.55. The van der Waals surface area contributed by atoms with Gasteiger partial charge in [-0.05, 0) is 18.2 Å². The zero-order valence-corrected chi connectivity index (χ0v) is 11.6. The molecule has 1 amide bonds. The molecule has 0 aliphatic rings. The van der Waals surface area contributed by atoms with Crippen molar-refractivity contribution in [2.45, 2.75) is 6.54 Å². The molecule has 0 aliphatic heterocycles. The zero-order valence-electron chi connectivity index (χ0n) is 10.7. The van der Waals surface area contributed by atoms with Crippen LogP contribution in [0.2, 0.25) is 0 Å². The maximum atomic E-state index is 12.2. The van der Waals surface area contributed by atoms with Crippen molar-refractivity contribution in [1.82, 2.24) is 15.1 Å². The number of H-pyrrole nitrogens is 1. The van der Waals surface area contributed by atoms with Gasteiger partial charge in [-0.3, -0.25) is 9.89 Å². The average molecular weight is 291 g/mol. The van der Waals surface area contributed by atoms with Crippen molar-refractivity contribution in [3.05, 3.63) is 45.9 Å². The van der Waals surface area contributed by atoms with Gasteiger partial charge in [0, 0.05) is 36.3 Å². The van der Waals surface area contributed by atoms with Gasteiger partial charge in [0.25, 0.3) is 5.91 Å². The van der Waals surface area contributed by atoms with E-state index in [2.05, 4.69) is 10.2 Å². The van der Waals surface area contributed by atoms with E-state index in [1.165, 1.54) is 17.4 Å². The molecule has 6 nitrogen and oxygen atoms in total. The first kappa shape index (κ1) is 14.0. The molecule has 2 aromatic rings. The highest BCUT2D eigenvalue weighted by molar-refractivity contribution is 7.14. The van der Waals surface area contributed by atoms with Gasteiger partial charge >= 0.3 is 5.97 Å². The van der Waals surface area contributed by atoms with Crippen LogP contribution in [0.25, 0.3) is 6.08 Å². The second-order valence-electron chi connectivity index (χ2n) is 4.14. The lowest BCUT2D eigenvalue weighted by molar-refractivity contribution is -0.131. The number of hydrogen-bond donors (Lipinski definition) is 2. The first-order valence-corrected chi connectivity index (χ1v) is 6.62. The first-order valence-electron chi connectivity index (χ1n) is 5.80. The van der Waals surface area contributed by atoms with Crippen molar-refractivity contribution >= 4 is 29.3 Å². The van der Waals surface area contributed by atoms with E-state index in [9.17, 15) is 9.59 Å². The lowest BCUT2D eigenvalue weighted by atomic mass is 10.3. The number of amides is 1. The van der Waals surface area contributed by atoms with E-state index in [-0.39, 0.29) is 5.91 Å². The summed E-state index contributed by atoms with van der Waals surface area (Å²) in [4.78, 5) is 25.5. The monoisotopic (exact) mass is 291 g/mol. The molecule has 20 heavy (non-hydrogen) atoms. The predicted octanol–water partition coefficient (Wildman–Crippen LogP) is 1.84. The fourth-order valence-electron chi connectivity index (χ4n) is 1.61. The Morgan fingerprint density at radius 3 is 2.95 bits per heavy atom. The molecule has 2 N–H and O–H groups in total. The third kappa shape index (κ3) is 3.55. The van der Waals surface area contributed by atoms with Crippen molar-refractivity contribution in [2.24, 2.45) is 0 Å². The molecule has 2 rings (SSSR count). The normalized spacial score (nSPS) is 10.8. The average Bonchev–Trinajstić information content (AvgIpc) is 3.06. The number of rotatable bonds is 5. The molecule has 0 fully saturated rings. The lowest BCUT2D eigenvalue weighted by Crippen LogP contribution is -2.25. The number of carbonyl (C=O) groups excluding carboxylic acids is 1. The smallest absolute Gasteiger partial charge is 0.328 e. The number of carbonyl (C=O) groups is 2. The Labute approximate surface area is 119 Å². The Balaban J connectivity index is 2.03. The van der Waals surface area contributed by atoms with Crippen LogP contribution in [0.4, 0.5) is 0 Å². The Kier molecular flexibility index (Phi) is 4.31. The standard InChI is InChI=1S/C13H13N3O3S/c1-16(8-9-6-14-15-7-9)13(19)11-4-2-10(20-11)3-5-12(17)18/h2-7H,8H2,1H3,(H,14,15)(H,17,18). The lowest BCUT2D eigenvalue weighted by Gasteiger charge is -2.14. The van der Waals surface area contributed by atoms with Crippen LogP contribution in [0.5, 0.6) is 0 Å². The number of nitrogens with zero attached hydrogens (tertiary/aromatic N) is 2. The minimum atomic E-state index is -1.01. The van der Waals surface area contributed by atoms with Gasteiger partial charge in [0.05, 0.1) is 11.1 Å². The molecular formula is C13H13N3O3S. The van der Waals surface area contributed by atoms with Crippen molar-refractivity contribution in [1.29, 1.82) is 0 Å². The number of hydrogen-bond acceptors (Lipinski definition) is 4. The molecule has 0 aromatic carbocycles. The molecule has 0 unspecified atom stereocenters. The van der Waals surface area contributed by atoms with E-state index < -0.39 is 5.97 Å². The van der Waals surface area contributed by atoms with Crippen molar-refractivity contribution in [3.8, 4) is 0 Å². The summed E-state index contributed by atoms with van der Waals surface area (Å²) in [6.45, 7) is 0.466. The minimum absolute atomic E-state index is 0.105. The van der Waals surface area contributed by atoms with Gasteiger partial charge in [0.15, 0.2) is 0 Å². The first-order chi connectivity index (χ1) is 9.56. The molecule has 0 aliphatic carbocycles. The van der Waals surface area contributed by atoms with Gasteiger partial charge in [-0.15, -0.1) is 11.3 Å². The van der Waals surface area contributed by atoms with Crippen LogP contribution in [0.1, 0.15) is 20.1 Å². The Morgan fingerprint density at radius 2 is 2.30 bits per heavy atom. The molecule has 2 aromatic heterocycles. The van der Waals surface area contributed by atoms with Gasteiger partial charge in [0.1, 0.15) is 0 Å². The van der Waals surface area contributed by atoms with Crippen LogP contribution < -0.4 is 0 Å². The van der Waals surface area contributed by atoms with Gasteiger partial charge in [-0.1, -0.05) is 0 Å². The summed E-state index contributed by atoms with van der Waals surface area (Å²) in [5.41, 5.74) is 0.920. The number of aromatic nitrogens is 2. The van der Waals surface area contributed by atoms with Crippen LogP contribution in [0.15, 0.2) is 30.6 Å². The summed E-state index contributed by atoms with van der Waals surface area (Å²) in [5.74, 6) is -1.12. The number of aromatic amines is 1. The molecule has 0 atom stereocenters. The highest BCUT2D eigenvalue weighted by atomic mass is 32.1. The molecule has 2 heterocycles. The van der Waals surface area contributed by atoms with Crippen LogP contribution in [0, 0.1) is 0 Å². The number of aliphatic carboxylic acids is 1. The summed E-state index contributed by atoms with van der Waals surface area (Å²) in [6, 6.07) is 3.42. The van der Waals surface area contributed by atoms with E-state index >= 15 is 0 Å². The predicted molar refractivity (Wildman–Crippen MR) is 75.4 cm³/mol. The van der Waals surface area contributed by atoms with Gasteiger partial charge in [-0.25, -0.2) is 4.79 Å². The summed E-state index contributed by atoms with van der Waals surface area (Å²) < 4.78 is 0. The van der Waals surface area contributed by atoms with Gasteiger partial charge in [0.2, 0.25) is 0 Å². The zero-order chi connectivity index (χ0) is 14.5. The minimum Gasteiger partial charge on any atom is -0.478 e. The fourth-order valence-corrected chi connectivity index (χ4v) is 2.51. The molecule has 0 bridgehead atoms. The van der Waals surface area contributed by atoms with E-state index in [1.54, 1.807) is 36.5 Å². The van der Waals surface area contributed by atoms with E-state index in [4.69, 9.17) is 5.11 Å². The Hall–Kier alpha value is -2.41. The molecular weight excluding hydrogens is 278 g/mol. The second kappa shape index (κ2) is 6.16. The van der Waals surface area contributed by atoms with Crippen LogP contribution in [0.3, 0.4) is 0 Å². The highest BCUT2D eigenvalue weighted by Crippen LogP contribution is 2.20. The third-order valence-corrected chi connectivity index (χ3v) is 3.59. The van der Waals surface area contributed by atoms with Crippen molar-refractivity contribution in [3.63, 3.8) is 0 Å². The maximum absolute atomic E-state index is 12.2. The quantitative estimate of drug-likeness (QED) is 0.823. The van der Waals surface area contributed by atoms with Crippen molar-refractivity contribution in [2.75, 3.05) is 7.05 Å². The maximum Gasteiger partial charge on any atom is 0.328 e. The van der Waals surface area contributed by atoms with E-state index in [0.29, 0.717) is 11.4 Å². The molecule has 0 spiro atoms. The molecule has 0 radical (unpaired) electrons. The summed E-state index contributed by atoms with van der Waals surface area (Å²) >= 11 is 1.26. The summed E-state index contributed by atoms with van der Waals surface area (Å²) in [5, 5.41) is 15.1. The van der Waals surface area contributed by atoms with Crippen LogP contribution >= 0.6 is 11.3 Å². The number of nitrogens with one attached hydrogen (secondary N) is 1. The van der Waals surface area contributed by atoms with Crippen LogP contribution in [-0.2, 0) is 11.3 Å². The largest absolute Gasteiger partial charge is 0.478 e. The van der Waals surface area contributed by atoms with Gasteiger partial charge < -0.3 is 10.0 Å². The SMILES string of the molecule is CN(Cc1cn[nH]c1)C(=O)c1ccc(C=CC(=O)O)s1. The van der Waals surface area contributed by atoms with Gasteiger partial charge in [-0.2, -0.15) is 5.10 Å². The number of carboxylic acids is 1. The summed E-state index contributed by atoms with van der Waals surface area (Å²) in [7, 11) is 1.71. The van der Waals surface area contributed by atoms with Crippen molar-refractivity contribution < 1.29 is 14.7 Å².